The number of oxazole rings is 1. The molecule has 15 heavy (non-hydrogen) atoms. The lowest BCUT2D eigenvalue weighted by molar-refractivity contribution is 0.191. The lowest BCUT2D eigenvalue weighted by Gasteiger charge is -2.04. The summed E-state index contributed by atoms with van der Waals surface area (Å²) in [6, 6.07) is 0.454. The third-order valence-corrected chi connectivity index (χ3v) is 2.57. The van der Waals surface area contributed by atoms with E-state index < -0.39 is 0 Å². The normalized spacial score (nSPS) is 21.4. The molecule has 84 valence electrons. The molecule has 1 unspecified atom stereocenters. The topological polar surface area (TPSA) is 47.3 Å². The third-order valence-electron chi connectivity index (χ3n) is 2.57. The second-order valence-corrected chi connectivity index (χ2v) is 4.25. The van der Waals surface area contributed by atoms with Crippen LogP contribution in [0.15, 0.2) is 10.6 Å². The molecule has 0 spiro atoms. The molecule has 0 aliphatic carbocycles. The van der Waals surface area contributed by atoms with Crippen LogP contribution in [0.2, 0.25) is 0 Å². The van der Waals surface area contributed by atoms with Crippen molar-refractivity contribution in [3.8, 4) is 0 Å². The van der Waals surface area contributed by atoms with E-state index in [-0.39, 0.29) is 0 Å². The van der Waals surface area contributed by atoms with Crippen LogP contribution in [-0.4, -0.2) is 24.2 Å². The van der Waals surface area contributed by atoms with Gasteiger partial charge >= 0.3 is 0 Å². The van der Waals surface area contributed by atoms with Gasteiger partial charge in [-0.25, -0.2) is 4.98 Å². The van der Waals surface area contributed by atoms with Crippen LogP contribution in [0.3, 0.4) is 0 Å². The summed E-state index contributed by atoms with van der Waals surface area (Å²) < 4.78 is 11.0. The van der Waals surface area contributed by atoms with E-state index in [1.807, 2.05) is 6.20 Å². The Kier molecular flexibility index (Phi) is 3.38. The fourth-order valence-electron chi connectivity index (χ4n) is 1.65. The predicted octanol–water partition coefficient (Wildman–Crippen LogP) is 1.68. The van der Waals surface area contributed by atoms with Crippen molar-refractivity contribution in [1.82, 2.24) is 10.3 Å². The van der Waals surface area contributed by atoms with E-state index in [1.54, 1.807) is 0 Å². The summed E-state index contributed by atoms with van der Waals surface area (Å²) in [6.07, 6.45) is 2.88. The minimum absolute atomic E-state index is 0.408. The molecule has 0 bridgehead atoms. The zero-order valence-corrected chi connectivity index (χ0v) is 9.32. The van der Waals surface area contributed by atoms with Gasteiger partial charge in [-0.1, -0.05) is 13.8 Å². The van der Waals surface area contributed by atoms with Crippen LogP contribution in [0.4, 0.5) is 0 Å². The summed E-state index contributed by atoms with van der Waals surface area (Å²) in [5.41, 5.74) is 0. The van der Waals surface area contributed by atoms with Gasteiger partial charge in [0.25, 0.3) is 0 Å². The maximum absolute atomic E-state index is 5.66. The van der Waals surface area contributed by atoms with Crippen LogP contribution in [0.1, 0.15) is 37.8 Å². The molecule has 4 heteroatoms. The number of rotatable bonds is 4. The highest BCUT2D eigenvalue weighted by atomic mass is 16.5. The Hall–Kier alpha value is -0.870. The fourth-order valence-corrected chi connectivity index (χ4v) is 1.65. The SMILES string of the molecule is CC(C)NCc1ncc(C2CCOC2)o1. The fraction of sp³-hybridized carbons (Fsp3) is 0.727. The summed E-state index contributed by atoms with van der Waals surface area (Å²) in [5.74, 6) is 2.14. The van der Waals surface area contributed by atoms with Crippen molar-refractivity contribution >= 4 is 0 Å². The van der Waals surface area contributed by atoms with Crippen molar-refractivity contribution in [2.45, 2.75) is 38.8 Å². The van der Waals surface area contributed by atoms with E-state index in [4.69, 9.17) is 9.15 Å². The van der Waals surface area contributed by atoms with Crippen molar-refractivity contribution in [2.75, 3.05) is 13.2 Å². The Morgan fingerprint density at radius 2 is 2.47 bits per heavy atom. The van der Waals surface area contributed by atoms with Gasteiger partial charge in [0.1, 0.15) is 5.76 Å². The molecule has 0 radical (unpaired) electrons. The van der Waals surface area contributed by atoms with Crippen LogP contribution < -0.4 is 5.32 Å². The van der Waals surface area contributed by atoms with Crippen molar-refractivity contribution in [3.05, 3.63) is 17.8 Å². The first-order valence-electron chi connectivity index (χ1n) is 5.51. The molecule has 1 aliphatic heterocycles. The maximum Gasteiger partial charge on any atom is 0.208 e. The predicted molar refractivity (Wildman–Crippen MR) is 56.7 cm³/mol. The van der Waals surface area contributed by atoms with Crippen LogP contribution in [0.25, 0.3) is 0 Å². The Balaban J connectivity index is 1.91. The molecule has 1 N–H and O–H groups in total. The highest BCUT2D eigenvalue weighted by molar-refractivity contribution is 5.03. The molecule has 1 atom stereocenters. The first kappa shape index (κ1) is 10.6. The van der Waals surface area contributed by atoms with Gasteiger partial charge in [-0.2, -0.15) is 0 Å². The van der Waals surface area contributed by atoms with Crippen molar-refractivity contribution in [1.29, 1.82) is 0 Å². The summed E-state index contributed by atoms with van der Waals surface area (Å²) in [5, 5.41) is 3.28. The summed E-state index contributed by atoms with van der Waals surface area (Å²) in [7, 11) is 0. The van der Waals surface area contributed by atoms with Crippen molar-refractivity contribution in [2.24, 2.45) is 0 Å². The Morgan fingerprint density at radius 1 is 1.60 bits per heavy atom. The zero-order valence-electron chi connectivity index (χ0n) is 9.32. The lowest BCUT2D eigenvalue weighted by Crippen LogP contribution is -2.21. The number of nitrogens with one attached hydrogen (secondary N) is 1. The molecule has 0 amide bonds. The average Bonchev–Trinajstić information content (AvgIpc) is 2.85. The van der Waals surface area contributed by atoms with Crippen molar-refractivity contribution < 1.29 is 9.15 Å². The second kappa shape index (κ2) is 4.77. The standard InChI is InChI=1S/C11H18N2O2/c1-8(2)12-6-11-13-5-10(15-11)9-3-4-14-7-9/h5,8-9,12H,3-4,6-7H2,1-2H3. The molecule has 0 aromatic carbocycles. The van der Waals surface area contributed by atoms with E-state index in [9.17, 15) is 0 Å². The van der Waals surface area contributed by atoms with Crippen LogP contribution in [-0.2, 0) is 11.3 Å². The molecule has 2 heterocycles. The molecule has 2 rings (SSSR count). The number of ether oxygens (including phenoxy) is 1. The minimum atomic E-state index is 0.408. The Labute approximate surface area is 90.0 Å². The summed E-state index contributed by atoms with van der Waals surface area (Å²) >= 11 is 0. The molecular weight excluding hydrogens is 192 g/mol. The third kappa shape index (κ3) is 2.79. The van der Waals surface area contributed by atoms with E-state index >= 15 is 0 Å². The lowest BCUT2D eigenvalue weighted by atomic mass is 10.1. The van der Waals surface area contributed by atoms with E-state index in [2.05, 4.69) is 24.1 Å². The van der Waals surface area contributed by atoms with Gasteiger partial charge in [-0.3, -0.25) is 0 Å². The van der Waals surface area contributed by atoms with Crippen molar-refractivity contribution in [3.63, 3.8) is 0 Å². The van der Waals surface area contributed by atoms with Gasteiger partial charge in [0.2, 0.25) is 5.89 Å². The average molecular weight is 210 g/mol. The second-order valence-electron chi connectivity index (χ2n) is 4.25. The van der Waals surface area contributed by atoms with Gasteiger partial charge in [0.05, 0.1) is 19.3 Å². The highest BCUT2D eigenvalue weighted by Gasteiger charge is 2.21. The molecule has 4 nitrogen and oxygen atoms in total. The minimum Gasteiger partial charge on any atom is -0.444 e. The quantitative estimate of drug-likeness (QED) is 0.821. The van der Waals surface area contributed by atoms with Gasteiger partial charge < -0.3 is 14.5 Å². The van der Waals surface area contributed by atoms with Gasteiger partial charge in [0, 0.05) is 18.6 Å². The maximum atomic E-state index is 5.66. The van der Waals surface area contributed by atoms with Gasteiger partial charge in [-0.15, -0.1) is 0 Å². The molecule has 1 aromatic rings. The van der Waals surface area contributed by atoms with E-state index in [0.29, 0.717) is 18.5 Å². The number of hydrogen-bond donors (Lipinski definition) is 1. The molecule has 0 saturated carbocycles. The largest absolute Gasteiger partial charge is 0.444 e. The van der Waals surface area contributed by atoms with Crippen LogP contribution in [0, 0.1) is 0 Å². The molecule has 1 aromatic heterocycles. The van der Waals surface area contributed by atoms with Gasteiger partial charge in [-0.05, 0) is 6.42 Å². The zero-order chi connectivity index (χ0) is 10.7. The van der Waals surface area contributed by atoms with Crippen LogP contribution in [0.5, 0.6) is 0 Å². The first-order chi connectivity index (χ1) is 7.25. The monoisotopic (exact) mass is 210 g/mol. The Bertz CT molecular complexity index is 303. The van der Waals surface area contributed by atoms with Crippen LogP contribution >= 0.6 is 0 Å². The molecular formula is C11H18N2O2. The molecule has 1 aliphatic rings. The summed E-state index contributed by atoms with van der Waals surface area (Å²) in [6.45, 7) is 6.52. The highest BCUT2D eigenvalue weighted by Crippen LogP contribution is 2.25. The molecule has 1 fully saturated rings. The van der Waals surface area contributed by atoms with Gasteiger partial charge in [0.15, 0.2) is 0 Å². The molecule has 1 saturated heterocycles. The number of aromatic nitrogens is 1. The smallest absolute Gasteiger partial charge is 0.208 e. The first-order valence-corrected chi connectivity index (χ1v) is 5.51. The van der Waals surface area contributed by atoms with E-state index in [0.717, 1.165) is 31.3 Å². The number of nitrogens with zero attached hydrogens (tertiary/aromatic N) is 1. The summed E-state index contributed by atoms with van der Waals surface area (Å²) in [4.78, 5) is 4.25. The number of hydrogen-bond acceptors (Lipinski definition) is 4. The van der Waals surface area contributed by atoms with E-state index in [1.165, 1.54) is 0 Å². The Morgan fingerprint density at radius 3 is 3.13 bits per heavy atom.